The van der Waals surface area contributed by atoms with Gasteiger partial charge in [-0.1, -0.05) is 29.8 Å². The van der Waals surface area contributed by atoms with Crippen LogP contribution in [0, 0.1) is 6.92 Å². The van der Waals surface area contributed by atoms with E-state index in [-0.39, 0.29) is 0 Å². The first-order chi connectivity index (χ1) is 8.27. The van der Waals surface area contributed by atoms with Crippen molar-refractivity contribution >= 4 is 11.6 Å². The molecule has 1 aromatic heterocycles. The Bertz CT molecular complexity index is 560. The first-order valence-corrected chi connectivity index (χ1v) is 6.16. The molecule has 0 saturated heterocycles. The number of halogens is 1. The van der Waals surface area contributed by atoms with Gasteiger partial charge in [-0.05, 0) is 12.5 Å². The van der Waals surface area contributed by atoms with Gasteiger partial charge in [-0.2, -0.15) is 5.10 Å². The van der Waals surface area contributed by atoms with Gasteiger partial charge in [0.1, 0.15) is 0 Å². The molecule has 17 heavy (non-hydrogen) atoms. The molecule has 0 atom stereocenters. The van der Waals surface area contributed by atoms with E-state index in [1.54, 1.807) is 0 Å². The Morgan fingerprint density at radius 2 is 2.24 bits per heavy atom. The van der Waals surface area contributed by atoms with E-state index in [9.17, 15) is 0 Å². The lowest BCUT2D eigenvalue weighted by Crippen LogP contribution is -2.28. The third-order valence-electron chi connectivity index (χ3n) is 3.22. The molecule has 0 saturated carbocycles. The fourth-order valence-corrected chi connectivity index (χ4v) is 2.49. The molecule has 0 aliphatic carbocycles. The fourth-order valence-electron chi connectivity index (χ4n) is 2.26. The predicted octanol–water partition coefficient (Wildman–Crippen LogP) is 2.62. The number of rotatable bonds is 1. The van der Waals surface area contributed by atoms with Gasteiger partial charge in [0.05, 0.1) is 23.5 Å². The SMILES string of the molecule is Cc1cccc(-c2cnn3c2CNCC3)c1Cl. The van der Waals surface area contributed by atoms with Crippen LogP contribution in [0.25, 0.3) is 11.1 Å². The normalized spacial score (nSPS) is 14.7. The number of nitrogens with one attached hydrogen (secondary N) is 1. The molecule has 1 aromatic carbocycles. The Balaban J connectivity index is 2.15. The van der Waals surface area contributed by atoms with Crippen molar-refractivity contribution in [3.63, 3.8) is 0 Å². The molecule has 1 aliphatic rings. The number of hydrogen-bond donors (Lipinski definition) is 1. The minimum absolute atomic E-state index is 0.828. The van der Waals surface area contributed by atoms with Crippen molar-refractivity contribution in [2.75, 3.05) is 6.54 Å². The van der Waals surface area contributed by atoms with Crippen molar-refractivity contribution in [3.8, 4) is 11.1 Å². The Labute approximate surface area is 105 Å². The van der Waals surface area contributed by atoms with Crippen molar-refractivity contribution in [1.29, 1.82) is 0 Å². The number of aromatic nitrogens is 2. The Hall–Kier alpha value is -1.32. The van der Waals surface area contributed by atoms with E-state index in [2.05, 4.69) is 21.2 Å². The van der Waals surface area contributed by atoms with Crippen LogP contribution in [0.5, 0.6) is 0 Å². The van der Waals surface area contributed by atoms with Crippen LogP contribution in [-0.2, 0) is 13.1 Å². The fraction of sp³-hybridized carbons (Fsp3) is 0.308. The van der Waals surface area contributed by atoms with Gasteiger partial charge >= 0.3 is 0 Å². The summed E-state index contributed by atoms with van der Waals surface area (Å²) in [4.78, 5) is 0. The molecule has 2 heterocycles. The molecular weight excluding hydrogens is 234 g/mol. The highest BCUT2D eigenvalue weighted by atomic mass is 35.5. The lowest BCUT2D eigenvalue weighted by Gasteiger charge is -2.16. The summed E-state index contributed by atoms with van der Waals surface area (Å²) in [7, 11) is 0. The number of fused-ring (bicyclic) bond motifs is 1. The molecule has 0 unspecified atom stereocenters. The molecule has 0 bridgehead atoms. The molecule has 1 aliphatic heterocycles. The van der Waals surface area contributed by atoms with Gasteiger partial charge in [-0.15, -0.1) is 0 Å². The zero-order valence-electron chi connectivity index (χ0n) is 9.70. The van der Waals surface area contributed by atoms with Crippen LogP contribution >= 0.6 is 11.6 Å². The van der Waals surface area contributed by atoms with Crippen molar-refractivity contribution in [2.24, 2.45) is 0 Å². The summed E-state index contributed by atoms with van der Waals surface area (Å²) in [5.41, 5.74) is 4.55. The van der Waals surface area contributed by atoms with Crippen LogP contribution in [-0.4, -0.2) is 16.3 Å². The summed E-state index contributed by atoms with van der Waals surface area (Å²) in [5, 5.41) is 8.62. The quantitative estimate of drug-likeness (QED) is 0.840. The van der Waals surface area contributed by atoms with E-state index in [4.69, 9.17) is 11.6 Å². The average molecular weight is 248 g/mol. The number of nitrogens with zero attached hydrogens (tertiary/aromatic N) is 2. The Morgan fingerprint density at radius 1 is 1.35 bits per heavy atom. The highest BCUT2D eigenvalue weighted by Gasteiger charge is 2.17. The third-order valence-corrected chi connectivity index (χ3v) is 3.73. The first-order valence-electron chi connectivity index (χ1n) is 5.78. The smallest absolute Gasteiger partial charge is 0.0601 e. The third kappa shape index (κ3) is 1.75. The average Bonchev–Trinajstić information content (AvgIpc) is 2.77. The van der Waals surface area contributed by atoms with Crippen molar-refractivity contribution in [3.05, 3.63) is 40.7 Å². The lowest BCUT2D eigenvalue weighted by molar-refractivity contribution is 0.476. The Morgan fingerprint density at radius 3 is 3.12 bits per heavy atom. The molecule has 0 spiro atoms. The molecule has 2 aromatic rings. The number of benzene rings is 1. The second-order valence-electron chi connectivity index (χ2n) is 4.34. The summed E-state index contributed by atoms with van der Waals surface area (Å²) in [6, 6.07) is 6.12. The van der Waals surface area contributed by atoms with E-state index >= 15 is 0 Å². The summed E-state index contributed by atoms with van der Waals surface area (Å²) in [6.45, 7) is 4.80. The van der Waals surface area contributed by atoms with Crippen LogP contribution in [0.4, 0.5) is 0 Å². The van der Waals surface area contributed by atoms with E-state index < -0.39 is 0 Å². The highest BCUT2D eigenvalue weighted by molar-refractivity contribution is 6.34. The van der Waals surface area contributed by atoms with Gasteiger partial charge < -0.3 is 5.32 Å². The molecule has 3 nitrogen and oxygen atoms in total. The maximum atomic E-state index is 6.37. The Kier molecular flexibility index (Phi) is 2.65. The molecule has 3 rings (SSSR count). The van der Waals surface area contributed by atoms with Gasteiger partial charge in [0, 0.05) is 24.2 Å². The molecule has 1 N–H and O–H groups in total. The second-order valence-corrected chi connectivity index (χ2v) is 4.72. The van der Waals surface area contributed by atoms with E-state index in [0.29, 0.717) is 0 Å². The summed E-state index contributed by atoms with van der Waals surface area (Å²) >= 11 is 6.37. The van der Waals surface area contributed by atoms with Gasteiger partial charge in [0.25, 0.3) is 0 Å². The summed E-state index contributed by atoms with van der Waals surface area (Å²) in [6.07, 6.45) is 1.92. The maximum absolute atomic E-state index is 6.37. The van der Waals surface area contributed by atoms with Gasteiger partial charge in [0.15, 0.2) is 0 Å². The second kappa shape index (κ2) is 4.17. The molecule has 0 radical (unpaired) electrons. The molecule has 88 valence electrons. The molecule has 0 fully saturated rings. The van der Waals surface area contributed by atoms with Crippen LogP contribution in [0.2, 0.25) is 5.02 Å². The van der Waals surface area contributed by atoms with E-state index in [1.807, 2.05) is 25.3 Å². The largest absolute Gasteiger partial charge is 0.309 e. The van der Waals surface area contributed by atoms with Crippen LogP contribution in [0.1, 0.15) is 11.3 Å². The van der Waals surface area contributed by atoms with Crippen molar-refractivity contribution in [1.82, 2.24) is 15.1 Å². The van der Waals surface area contributed by atoms with Gasteiger partial charge in [-0.3, -0.25) is 4.68 Å². The number of hydrogen-bond acceptors (Lipinski definition) is 2. The van der Waals surface area contributed by atoms with E-state index in [0.717, 1.165) is 41.3 Å². The van der Waals surface area contributed by atoms with Crippen LogP contribution in [0.15, 0.2) is 24.4 Å². The molecule has 0 amide bonds. The van der Waals surface area contributed by atoms with Gasteiger partial charge in [0.2, 0.25) is 0 Å². The minimum Gasteiger partial charge on any atom is -0.309 e. The first kappa shape index (κ1) is 10.8. The standard InChI is InChI=1S/C13H14ClN3/c1-9-3-2-4-10(13(9)14)11-7-16-17-6-5-15-8-12(11)17/h2-4,7,15H,5-6,8H2,1H3. The van der Waals surface area contributed by atoms with Crippen molar-refractivity contribution < 1.29 is 0 Å². The minimum atomic E-state index is 0.828. The predicted molar refractivity (Wildman–Crippen MR) is 69.1 cm³/mol. The highest BCUT2D eigenvalue weighted by Crippen LogP contribution is 2.32. The monoisotopic (exact) mass is 247 g/mol. The van der Waals surface area contributed by atoms with Crippen molar-refractivity contribution in [2.45, 2.75) is 20.0 Å². The topological polar surface area (TPSA) is 29.9 Å². The summed E-state index contributed by atoms with van der Waals surface area (Å²) < 4.78 is 2.06. The van der Waals surface area contributed by atoms with Gasteiger partial charge in [-0.25, -0.2) is 0 Å². The van der Waals surface area contributed by atoms with Crippen LogP contribution < -0.4 is 5.32 Å². The maximum Gasteiger partial charge on any atom is 0.0601 e. The lowest BCUT2D eigenvalue weighted by atomic mass is 10.0. The van der Waals surface area contributed by atoms with Crippen LogP contribution in [0.3, 0.4) is 0 Å². The van der Waals surface area contributed by atoms with E-state index in [1.165, 1.54) is 5.69 Å². The summed E-state index contributed by atoms with van der Waals surface area (Å²) in [5.74, 6) is 0. The number of aryl methyl sites for hydroxylation is 1. The zero-order valence-corrected chi connectivity index (χ0v) is 10.5. The molecular formula is C13H14ClN3. The molecule has 4 heteroatoms. The zero-order chi connectivity index (χ0) is 11.8.